The van der Waals surface area contributed by atoms with E-state index in [9.17, 15) is 30.7 Å². The normalized spacial score (nSPS) is 24.6. The van der Waals surface area contributed by atoms with Crippen LogP contribution in [0.2, 0.25) is 0 Å². The maximum Gasteiger partial charge on any atom is 0.207 e. The van der Waals surface area contributed by atoms with Crippen LogP contribution in [0.4, 0.5) is 30.7 Å². The average Bonchev–Trinajstić information content (AvgIpc) is 2.47. The van der Waals surface area contributed by atoms with Crippen LogP contribution in [-0.2, 0) is 0 Å². The summed E-state index contributed by atoms with van der Waals surface area (Å²) in [6.07, 6.45) is -2.73. The number of ether oxygens (including phenoxy) is 1. The minimum absolute atomic E-state index is 0.138. The highest BCUT2D eigenvalue weighted by Gasteiger charge is 2.43. The molecule has 1 aromatic rings. The Morgan fingerprint density at radius 3 is 2.30 bits per heavy atom. The lowest BCUT2D eigenvalue weighted by Crippen LogP contribution is -2.37. The van der Waals surface area contributed by atoms with Crippen LogP contribution in [-0.4, -0.2) is 26.2 Å². The van der Waals surface area contributed by atoms with Crippen molar-refractivity contribution in [3.05, 3.63) is 46.7 Å². The van der Waals surface area contributed by atoms with Crippen LogP contribution in [0.25, 0.3) is 0 Å². The standard InChI is InChI=1S/C14H9BF7O/c1-14(22)4-6(17)8(12(20)13(14)21)15-9-10(18)5(16)3-7(23-2)11(9)19/h3-4,13H,1-2H3. The van der Waals surface area contributed by atoms with E-state index >= 15 is 0 Å². The number of methoxy groups -OCH3 is 1. The van der Waals surface area contributed by atoms with Crippen LogP contribution in [0.15, 0.2) is 29.3 Å². The molecule has 0 bridgehead atoms. The van der Waals surface area contributed by atoms with Gasteiger partial charge in [0.05, 0.1) is 7.11 Å². The second-order valence-electron chi connectivity index (χ2n) is 5.01. The van der Waals surface area contributed by atoms with E-state index in [1.807, 2.05) is 0 Å². The molecule has 2 rings (SSSR count). The van der Waals surface area contributed by atoms with E-state index in [-0.39, 0.29) is 13.4 Å². The first-order valence-corrected chi connectivity index (χ1v) is 6.27. The second kappa shape index (κ2) is 5.94. The van der Waals surface area contributed by atoms with Crippen LogP contribution in [0.3, 0.4) is 0 Å². The van der Waals surface area contributed by atoms with Gasteiger partial charge >= 0.3 is 0 Å². The van der Waals surface area contributed by atoms with Gasteiger partial charge in [0, 0.05) is 6.07 Å². The fraction of sp³-hybridized carbons (Fsp3) is 0.286. The molecule has 0 N–H and O–H groups in total. The molecule has 9 heteroatoms. The van der Waals surface area contributed by atoms with E-state index in [0.29, 0.717) is 13.0 Å². The SMILES string of the molecule is COc1cc(F)c(F)c([B]C2=C(F)C(F)C(C)(F)C=C2F)c1F. The molecule has 23 heavy (non-hydrogen) atoms. The zero-order valence-corrected chi connectivity index (χ0v) is 11.9. The molecule has 0 amide bonds. The average molecular weight is 337 g/mol. The minimum Gasteiger partial charge on any atom is -0.494 e. The van der Waals surface area contributed by atoms with Crippen molar-refractivity contribution in [1.82, 2.24) is 0 Å². The third kappa shape index (κ3) is 2.96. The van der Waals surface area contributed by atoms with Crippen molar-refractivity contribution in [3.8, 4) is 5.75 Å². The highest BCUT2D eigenvalue weighted by Crippen LogP contribution is 2.37. The lowest BCUT2D eigenvalue weighted by Gasteiger charge is -2.26. The molecular weight excluding hydrogens is 328 g/mol. The fourth-order valence-corrected chi connectivity index (χ4v) is 2.05. The van der Waals surface area contributed by atoms with Crippen LogP contribution in [0.5, 0.6) is 5.75 Å². The molecule has 2 unspecified atom stereocenters. The third-order valence-corrected chi connectivity index (χ3v) is 3.31. The predicted molar refractivity (Wildman–Crippen MR) is 70.0 cm³/mol. The molecule has 1 aliphatic carbocycles. The smallest absolute Gasteiger partial charge is 0.207 e. The molecule has 1 nitrogen and oxygen atoms in total. The van der Waals surface area contributed by atoms with Gasteiger partial charge in [-0.3, -0.25) is 0 Å². The van der Waals surface area contributed by atoms with Crippen LogP contribution in [0.1, 0.15) is 6.92 Å². The summed E-state index contributed by atoms with van der Waals surface area (Å²) in [5.74, 6) is -8.91. The van der Waals surface area contributed by atoms with Crippen molar-refractivity contribution in [3.63, 3.8) is 0 Å². The summed E-state index contributed by atoms with van der Waals surface area (Å²) in [6.45, 7) is 0.597. The summed E-state index contributed by atoms with van der Waals surface area (Å²) in [5, 5.41) is 0. The second-order valence-corrected chi connectivity index (χ2v) is 5.01. The van der Waals surface area contributed by atoms with Crippen molar-refractivity contribution >= 4 is 12.7 Å². The summed E-state index contributed by atoms with van der Waals surface area (Å²) < 4.78 is 100. The zero-order valence-electron chi connectivity index (χ0n) is 11.9. The van der Waals surface area contributed by atoms with Gasteiger partial charge in [-0.25, -0.2) is 30.7 Å². The molecule has 0 aliphatic heterocycles. The number of halogens is 7. The summed E-state index contributed by atoms with van der Waals surface area (Å²) in [6, 6.07) is 0.399. The molecule has 0 heterocycles. The van der Waals surface area contributed by atoms with E-state index in [4.69, 9.17) is 0 Å². The monoisotopic (exact) mass is 337 g/mol. The molecule has 0 saturated heterocycles. The minimum atomic E-state index is -2.96. The molecule has 1 aliphatic rings. The summed E-state index contributed by atoms with van der Waals surface area (Å²) in [4.78, 5) is 0. The van der Waals surface area contributed by atoms with Gasteiger partial charge in [0.1, 0.15) is 11.7 Å². The van der Waals surface area contributed by atoms with E-state index in [0.717, 1.165) is 7.11 Å². The first-order chi connectivity index (χ1) is 10.6. The van der Waals surface area contributed by atoms with Crippen molar-refractivity contribution in [2.45, 2.75) is 18.8 Å². The summed E-state index contributed by atoms with van der Waals surface area (Å²) in [7, 11) is 1.19. The largest absolute Gasteiger partial charge is 0.494 e. The van der Waals surface area contributed by atoms with Gasteiger partial charge in [-0.15, -0.1) is 0 Å². The zero-order chi connectivity index (χ0) is 17.5. The Morgan fingerprint density at radius 2 is 1.74 bits per heavy atom. The molecule has 0 saturated carbocycles. The molecule has 1 radical (unpaired) electrons. The van der Waals surface area contributed by atoms with E-state index in [1.54, 1.807) is 0 Å². The van der Waals surface area contributed by atoms with Crippen molar-refractivity contribution in [2.24, 2.45) is 0 Å². The molecule has 1 aromatic carbocycles. The molecule has 0 fully saturated rings. The lowest BCUT2D eigenvalue weighted by atomic mass is 9.60. The van der Waals surface area contributed by atoms with E-state index < -0.39 is 57.6 Å². The van der Waals surface area contributed by atoms with Crippen molar-refractivity contribution in [1.29, 1.82) is 0 Å². The van der Waals surface area contributed by atoms with Gasteiger partial charge < -0.3 is 4.74 Å². The van der Waals surface area contributed by atoms with Gasteiger partial charge in [0.15, 0.2) is 35.0 Å². The number of hydrogen-bond donors (Lipinski definition) is 0. The topological polar surface area (TPSA) is 9.23 Å². The lowest BCUT2D eigenvalue weighted by molar-refractivity contribution is 0.114. The first-order valence-electron chi connectivity index (χ1n) is 6.27. The van der Waals surface area contributed by atoms with Gasteiger partial charge in [0.25, 0.3) is 0 Å². The summed E-state index contributed by atoms with van der Waals surface area (Å²) >= 11 is 0. The maximum atomic E-state index is 14.0. The molecule has 123 valence electrons. The van der Waals surface area contributed by atoms with Gasteiger partial charge in [-0.2, -0.15) is 0 Å². The van der Waals surface area contributed by atoms with E-state index in [2.05, 4.69) is 4.74 Å². The Morgan fingerprint density at radius 1 is 1.13 bits per heavy atom. The van der Waals surface area contributed by atoms with Gasteiger partial charge in [-0.05, 0) is 23.9 Å². The Kier molecular flexibility index (Phi) is 4.50. The van der Waals surface area contributed by atoms with Crippen LogP contribution >= 0.6 is 0 Å². The molecule has 2 atom stereocenters. The third-order valence-electron chi connectivity index (χ3n) is 3.31. The van der Waals surface area contributed by atoms with Crippen molar-refractivity contribution in [2.75, 3.05) is 7.11 Å². The van der Waals surface area contributed by atoms with Gasteiger partial charge in [0.2, 0.25) is 7.28 Å². The number of allylic oxidation sites excluding steroid dienone is 4. The van der Waals surface area contributed by atoms with Crippen molar-refractivity contribution < 1.29 is 35.5 Å². The quantitative estimate of drug-likeness (QED) is 0.466. The highest BCUT2D eigenvalue weighted by molar-refractivity contribution is 6.62. The predicted octanol–water partition coefficient (Wildman–Crippen LogP) is 3.56. The maximum absolute atomic E-state index is 14.0. The van der Waals surface area contributed by atoms with Crippen LogP contribution < -0.4 is 10.2 Å². The Labute approximate surface area is 127 Å². The highest BCUT2D eigenvalue weighted by atomic mass is 19.2. The fourth-order valence-electron chi connectivity index (χ4n) is 2.05. The number of alkyl halides is 2. The number of benzene rings is 1. The number of hydrogen-bond acceptors (Lipinski definition) is 1. The van der Waals surface area contributed by atoms with Crippen LogP contribution in [0, 0.1) is 17.5 Å². The Bertz CT molecular complexity index is 712. The Hall–Kier alpha value is -1.93. The van der Waals surface area contributed by atoms with Gasteiger partial charge in [-0.1, -0.05) is 0 Å². The first kappa shape index (κ1) is 17.4. The Balaban J connectivity index is 2.54. The molecular formula is C14H9BF7O. The molecule has 0 aromatic heterocycles. The van der Waals surface area contributed by atoms with E-state index in [1.165, 1.54) is 0 Å². The summed E-state index contributed by atoms with van der Waals surface area (Å²) in [5.41, 5.74) is -5.34. The molecule has 0 spiro atoms. The number of rotatable bonds is 3.